The number of aryl methyl sites for hydroxylation is 2. The van der Waals surface area contributed by atoms with Gasteiger partial charge in [0.1, 0.15) is 22.6 Å². The normalized spacial score (nSPS) is 15.3. The molecule has 2 aromatic carbocycles. The van der Waals surface area contributed by atoms with E-state index in [4.69, 9.17) is 14.2 Å². The molecule has 0 spiro atoms. The molecular formula is C25H24F3NO4S2. The number of hydrogen-bond acceptors (Lipinski definition) is 7. The Morgan fingerprint density at radius 3 is 2.63 bits per heavy atom. The summed E-state index contributed by atoms with van der Waals surface area (Å²) in [5, 5.41) is 0.689. The minimum Gasteiger partial charge on any atom is -0.495 e. The first kappa shape index (κ1) is 25.4. The summed E-state index contributed by atoms with van der Waals surface area (Å²) in [5.74, 6) is 1.74. The smallest absolute Gasteiger partial charge is 0.416 e. The third-order valence-corrected chi connectivity index (χ3v) is 8.16. The van der Waals surface area contributed by atoms with E-state index in [0.717, 1.165) is 46.0 Å². The van der Waals surface area contributed by atoms with Gasteiger partial charge in [0, 0.05) is 22.3 Å². The summed E-state index contributed by atoms with van der Waals surface area (Å²) in [6.07, 6.45) is -2.86. The van der Waals surface area contributed by atoms with Crippen LogP contribution in [0.15, 0.2) is 41.3 Å². The number of benzene rings is 2. The summed E-state index contributed by atoms with van der Waals surface area (Å²) in [4.78, 5) is 18.2. The van der Waals surface area contributed by atoms with Gasteiger partial charge in [-0.25, -0.2) is 4.98 Å². The van der Waals surface area contributed by atoms with Crippen LogP contribution in [0.4, 0.5) is 13.2 Å². The topological polar surface area (TPSA) is 57.7 Å². The number of esters is 1. The summed E-state index contributed by atoms with van der Waals surface area (Å²) in [6, 6.07) is 8.98. The molecule has 0 radical (unpaired) electrons. The lowest BCUT2D eigenvalue weighted by Gasteiger charge is -2.26. The lowest BCUT2D eigenvalue weighted by Crippen LogP contribution is -2.26. The van der Waals surface area contributed by atoms with Gasteiger partial charge in [-0.2, -0.15) is 13.2 Å². The monoisotopic (exact) mass is 523 g/mol. The number of aromatic nitrogens is 1. The van der Waals surface area contributed by atoms with E-state index in [9.17, 15) is 18.0 Å². The summed E-state index contributed by atoms with van der Waals surface area (Å²) < 4.78 is 54.9. The number of thiazole rings is 1. The molecule has 0 amide bonds. The molecular weight excluding hydrogens is 499 g/mol. The second-order valence-electron chi connectivity index (χ2n) is 8.06. The van der Waals surface area contributed by atoms with Crippen molar-refractivity contribution in [1.29, 1.82) is 0 Å². The van der Waals surface area contributed by atoms with Gasteiger partial charge in [-0.15, -0.1) is 23.1 Å². The Morgan fingerprint density at radius 1 is 1.23 bits per heavy atom. The highest BCUT2D eigenvalue weighted by atomic mass is 32.2. The molecule has 0 N–H and O–H groups in total. The molecule has 1 aliphatic rings. The van der Waals surface area contributed by atoms with Crippen molar-refractivity contribution in [2.75, 3.05) is 14.2 Å². The summed E-state index contributed by atoms with van der Waals surface area (Å²) in [5.41, 5.74) is 1.89. The highest BCUT2D eigenvalue weighted by Gasteiger charge is 2.30. The van der Waals surface area contributed by atoms with Crippen molar-refractivity contribution in [2.45, 2.75) is 49.1 Å². The molecule has 3 aromatic rings. The van der Waals surface area contributed by atoms with E-state index in [0.29, 0.717) is 27.8 Å². The molecule has 1 unspecified atom stereocenters. The van der Waals surface area contributed by atoms with Crippen LogP contribution in [0.2, 0.25) is 0 Å². The first-order chi connectivity index (χ1) is 16.7. The number of carbonyl (C=O) groups is 1. The number of carbonyl (C=O) groups excluding carboxylic acids is 1. The summed E-state index contributed by atoms with van der Waals surface area (Å²) >= 11 is 3.08. The molecule has 0 aliphatic carbocycles. The lowest BCUT2D eigenvalue weighted by molar-refractivity contribution is -0.142. The number of fused-ring (bicyclic) bond motifs is 1. The van der Waals surface area contributed by atoms with Crippen molar-refractivity contribution in [3.05, 3.63) is 58.1 Å². The van der Waals surface area contributed by atoms with Crippen molar-refractivity contribution in [3.63, 3.8) is 0 Å². The molecule has 1 aliphatic heterocycles. The molecule has 0 bridgehead atoms. The first-order valence-corrected chi connectivity index (χ1v) is 12.7. The number of alkyl halides is 3. The quantitative estimate of drug-likeness (QED) is 0.254. The molecule has 186 valence electrons. The molecule has 1 atom stereocenters. The van der Waals surface area contributed by atoms with Crippen molar-refractivity contribution < 1.29 is 32.2 Å². The van der Waals surface area contributed by atoms with E-state index < -0.39 is 11.7 Å². The Morgan fingerprint density at radius 2 is 1.97 bits per heavy atom. The average Bonchev–Trinajstić information content (AvgIpc) is 3.21. The van der Waals surface area contributed by atoms with Crippen LogP contribution >= 0.6 is 23.1 Å². The van der Waals surface area contributed by atoms with E-state index >= 15 is 0 Å². The van der Waals surface area contributed by atoms with E-state index in [1.165, 1.54) is 30.6 Å². The molecule has 4 rings (SSSR count). The Hall–Kier alpha value is -2.72. The largest absolute Gasteiger partial charge is 0.495 e. The number of rotatable bonds is 7. The molecule has 10 heteroatoms. The van der Waals surface area contributed by atoms with Crippen LogP contribution in [0.3, 0.4) is 0 Å². The highest BCUT2D eigenvalue weighted by Crippen LogP contribution is 2.41. The number of halogens is 3. The predicted molar refractivity (Wildman–Crippen MR) is 129 cm³/mol. The molecule has 0 fully saturated rings. The van der Waals surface area contributed by atoms with E-state index in [-0.39, 0.29) is 18.5 Å². The van der Waals surface area contributed by atoms with Gasteiger partial charge in [-0.05, 0) is 43.5 Å². The van der Waals surface area contributed by atoms with Crippen LogP contribution in [0, 0.1) is 6.92 Å². The van der Waals surface area contributed by atoms with E-state index in [1.54, 1.807) is 18.9 Å². The standard InChI is InChI=1S/C25H24F3NO4S2/c1-14-22(35-24(29-14)15-4-7-17(8-5-15)25(26,27)28)13-34-21-10-16-6-9-18(11-23(30)32-3)33-19(16)12-20(21)31-2/h4-5,7-8,10,12,18H,6,9,11,13H2,1-3H3. The van der Waals surface area contributed by atoms with Gasteiger partial charge in [0.05, 0.1) is 36.8 Å². The Balaban J connectivity index is 1.47. The number of hydrogen-bond donors (Lipinski definition) is 0. The zero-order valence-corrected chi connectivity index (χ0v) is 21.0. The zero-order chi connectivity index (χ0) is 25.2. The van der Waals surface area contributed by atoms with Crippen molar-refractivity contribution in [2.24, 2.45) is 0 Å². The van der Waals surface area contributed by atoms with Gasteiger partial charge >= 0.3 is 12.1 Å². The maximum Gasteiger partial charge on any atom is 0.416 e. The van der Waals surface area contributed by atoms with Crippen LogP contribution in [0.5, 0.6) is 11.5 Å². The van der Waals surface area contributed by atoms with E-state index in [2.05, 4.69) is 11.1 Å². The summed E-state index contributed by atoms with van der Waals surface area (Å²) in [6.45, 7) is 1.90. The van der Waals surface area contributed by atoms with Crippen LogP contribution < -0.4 is 9.47 Å². The van der Waals surface area contributed by atoms with E-state index in [1.807, 2.05) is 13.0 Å². The minimum atomic E-state index is -4.36. The Labute approximate surface area is 209 Å². The molecule has 5 nitrogen and oxygen atoms in total. The van der Waals surface area contributed by atoms with Crippen LogP contribution in [-0.4, -0.2) is 31.3 Å². The number of ether oxygens (including phenoxy) is 3. The second kappa shape index (κ2) is 10.5. The maximum absolute atomic E-state index is 12.9. The first-order valence-electron chi connectivity index (χ1n) is 10.9. The third kappa shape index (κ3) is 5.92. The SMILES string of the molecule is COC(=O)CC1CCc2cc(SCc3sc(-c4ccc(C(F)(F)F)cc4)nc3C)c(OC)cc2O1. The lowest BCUT2D eigenvalue weighted by atomic mass is 10.0. The fraction of sp³-hybridized carbons (Fsp3) is 0.360. The molecule has 2 heterocycles. The number of methoxy groups -OCH3 is 2. The van der Waals surface area contributed by atoms with Crippen molar-refractivity contribution in [1.82, 2.24) is 4.98 Å². The van der Waals surface area contributed by atoms with Crippen LogP contribution in [0.25, 0.3) is 10.6 Å². The predicted octanol–water partition coefficient (Wildman–Crippen LogP) is 6.69. The Bertz CT molecular complexity index is 1210. The molecule has 0 saturated heterocycles. The van der Waals surface area contributed by atoms with Gasteiger partial charge < -0.3 is 14.2 Å². The van der Waals surface area contributed by atoms with Crippen molar-refractivity contribution in [3.8, 4) is 22.1 Å². The third-order valence-electron chi connectivity index (χ3n) is 5.71. The van der Waals surface area contributed by atoms with Gasteiger partial charge in [0.15, 0.2) is 0 Å². The van der Waals surface area contributed by atoms with Crippen molar-refractivity contribution >= 4 is 29.1 Å². The Kier molecular flexibility index (Phi) is 7.61. The second-order valence-corrected chi connectivity index (χ2v) is 10.2. The minimum absolute atomic E-state index is 0.209. The molecule has 1 aromatic heterocycles. The summed E-state index contributed by atoms with van der Waals surface area (Å²) in [7, 11) is 2.96. The van der Waals surface area contributed by atoms with Gasteiger partial charge in [-0.1, -0.05) is 12.1 Å². The van der Waals surface area contributed by atoms with Gasteiger partial charge in [0.25, 0.3) is 0 Å². The zero-order valence-electron chi connectivity index (χ0n) is 19.4. The van der Waals surface area contributed by atoms with Crippen LogP contribution in [-0.2, 0) is 27.9 Å². The number of nitrogens with zero attached hydrogens (tertiary/aromatic N) is 1. The maximum atomic E-state index is 12.9. The van der Waals surface area contributed by atoms with Gasteiger partial charge in [-0.3, -0.25) is 4.79 Å². The van der Waals surface area contributed by atoms with Gasteiger partial charge in [0.2, 0.25) is 0 Å². The molecule has 35 heavy (non-hydrogen) atoms. The number of thioether (sulfide) groups is 1. The average molecular weight is 524 g/mol. The molecule has 0 saturated carbocycles. The fourth-order valence-corrected chi connectivity index (χ4v) is 6.04. The highest BCUT2D eigenvalue weighted by molar-refractivity contribution is 7.98. The van der Waals surface area contributed by atoms with Crippen LogP contribution in [0.1, 0.15) is 34.5 Å². The fourth-order valence-electron chi connectivity index (χ4n) is 3.76.